The minimum absolute atomic E-state index is 0.164. The number of ether oxygens (including phenoxy) is 4. The van der Waals surface area contributed by atoms with Gasteiger partial charge in [0.1, 0.15) is 31.0 Å². The molecule has 0 bridgehead atoms. The molecule has 1 fully saturated rings. The Balaban J connectivity index is 2.34. The number of hydrogen-bond donors (Lipinski definition) is 4. The summed E-state index contributed by atoms with van der Waals surface area (Å²) < 4.78 is 22.1. The van der Waals surface area contributed by atoms with Crippen molar-refractivity contribution in [1.29, 1.82) is 0 Å². The topological polar surface area (TPSA) is 152 Å². The first kappa shape index (κ1) is 54.7. The highest BCUT2D eigenvalue weighted by atomic mass is 16.7. The van der Waals surface area contributed by atoms with E-state index >= 15 is 0 Å². The lowest BCUT2D eigenvalue weighted by Crippen LogP contribution is -2.59. The first-order valence-electron chi connectivity index (χ1n) is 23.7. The molecule has 2 unspecified atom stereocenters. The van der Waals surface area contributed by atoms with Gasteiger partial charge in [-0.3, -0.25) is 9.59 Å². The largest absolute Gasteiger partial charge is 0.462 e. The van der Waals surface area contributed by atoms with Crippen molar-refractivity contribution in [3.8, 4) is 0 Å². The van der Waals surface area contributed by atoms with Crippen LogP contribution in [0.3, 0.4) is 0 Å². The van der Waals surface area contributed by atoms with Crippen molar-refractivity contribution in [2.45, 2.75) is 230 Å². The van der Waals surface area contributed by atoms with E-state index in [-0.39, 0.29) is 26.1 Å². The monoisotopic (exact) mass is 835 g/mol. The number of unbranched alkanes of at least 4 members (excludes halogenated alkanes) is 20. The summed E-state index contributed by atoms with van der Waals surface area (Å²) in [5.74, 6) is -0.868. The van der Waals surface area contributed by atoms with Crippen LogP contribution in [0, 0.1) is 0 Å². The predicted octanol–water partition coefficient (Wildman–Crippen LogP) is 10.4. The molecule has 1 saturated heterocycles. The van der Waals surface area contributed by atoms with Gasteiger partial charge in [0.25, 0.3) is 0 Å². The maximum absolute atomic E-state index is 12.8. The van der Waals surface area contributed by atoms with Gasteiger partial charge >= 0.3 is 11.9 Å². The fourth-order valence-corrected chi connectivity index (χ4v) is 6.90. The normalized spacial score (nSPS) is 20.4. The fraction of sp³-hybridized carbons (Fsp3) is 0.796. The molecule has 1 aliphatic rings. The van der Waals surface area contributed by atoms with Gasteiger partial charge in [-0.25, -0.2) is 0 Å². The zero-order valence-electron chi connectivity index (χ0n) is 37.2. The molecule has 10 heteroatoms. The second-order valence-electron chi connectivity index (χ2n) is 16.2. The average Bonchev–Trinajstić information content (AvgIpc) is 3.23. The molecule has 0 spiro atoms. The number of aliphatic hydroxyl groups is 4. The first-order chi connectivity index (χ1) is 28.8. The molecule has 10 nitrogen and oxygen atoms in total. The number of esters is 2. The SMILES string of the molecule is CCCCC/C=C/C/C=C/CCCCCCCCCC(=O)OC[C@@H](CO[C@H]1O[C@@H](CO)[C@@H](O)C(O)C1O)OC(=O)CCC/C=C/C/C=C/CCCCCCCCCCC. The maximum atomic E-state index is 12.8. The molecule has 342 valence electrons. The minimum atomic E-state index is -1.60. The molecule has 0 radical (unpaired) electrons. The quantitative estimate of drug-likeness (QED) is 0.0267. The highest BCUT2D eigenvalue weighted by Crippen LogP contribution is 2.22. The average molecular weight is 835 g/mol. The van der Waals surface area contributed by atoms with Gasteiger partial charge in [-0.15, -0.1) is 0 Å². The molecule has 0 aromatic rings. The van der Waals surface area contributed by atoms with Crippen LogP contribution in [0.25, 0.3) is 0 Å². The third-order valence-corrected chi connectivity index (χ3v) is 10.7. The summed E-state index contributed by atoms with van der Waals surface area (Å²) in [6.07, 6.45) is 39.8. The molecule has 1 rings (SSSR count). The van der Waals surface area contributed by atoms with E-state index < -0.39 is 55.4 Å². The smallest absolute Gasteiger partial charge is 0.306 e. The molecular weight excluding hydrogens is 749 g/mol. The molecule has 59 heavy (non-hydrogen) atoms. The van der Waals surface area contributed by atoms with Gasteiger partial charge in [-0.2, -0.15) is 0 Å². The van der Waals surface area contributed by atoms with Crippen molar-refractivity contribution < 1.29 is 49.0 Å². The maximum Gasteiger partial charge on any atom is 0.306 e. The Kier molecular flexibility index (Phi) is 36.9. The summed E-state index contributed by atoms with van der Waals surface area (Å²) in [5.41, 5.74) is 0. The van der Waals surface area contributed by atoms with Crippen molar-refractivity contribution in [3.63, 3.8) is 0 Å². The highest BCUT2D eigenvalue weighted by molar-refractivity contribution is 5.70. The summed E-state index contributed by atoms with van der Waals surface area (Å²) in [4.78, 5) is 25.3. The number of carbonyl (C=O) groups excluding carboxylic acids is 2. The van der Waals surface area contributed by atoms with Crippen LogP contribution in [0.1, 0.15) is 194 Å². The third kappa shape index (κ3) is 31.2. The van der Waals surface area contributed by atoms with Gasteiger partial charge in [0.2, 0.25) is 0 Å². The Labute approximate surface area is 358 Å². The zero-order valence-corrected chi connectivity index (χ0v) is 37.2. The van der Waals surface area contributed by atoms with Crippen LogP contribution in [0.2, 0.25) is 0 Å². The number of hydrogen-bond acceptors (Lipinski definition) is 10. The van der Waals surface area contributed by atoms with Crippen LogP contribution in [-0.2, 0) is 28.5 Å². The van der Waals surface area contributed by atoms with Gasteiger partial charge in [0.05, 0.1) is 13.2 Å². The van der Waals surface area contributed by atoms with Gasteiger partial charge in [0, 0.05) is 12.8 Å². The number of aliphatic hydroxyl groups excluding tert-OH is 4. The van der Waals surface area contributed by atoms with E-state index in [2.05, 4.69) is 62.5 Å². The van der Waals surface area contributed by atoms with Gasteiger partial charge in [0.15, 0.2) is 12.4 Å². The van der Waals surface area contributed by atoms with E-state index in [0.717, 1.165) is 51.4 Å². The molecule has 0 aromatic carbocycles. The molecule has 0 saturated carbocycles. The minimum Gasteiger partial charge on any atom is -0.462 e. The van der Waals surface area contributed by atoms with Crippen molar-refractivity contribution in [3.05, 3.63) is 48.6 Å². The second kappa shape index (κ2) is 39.8. The van der Waals surface area contributed by atoms with Crippen molar-refractivity contribution in [1.82, 2.24) is 0 Å². The standard InChI is InChI=1S/C49H86O10/c1-3-5-7-9-11-13-15-17-19-21-23-25-27-29-31-33-35-37-44(51)56-40-42(41-57-49-48(55)47(54)46(53)43(39-50)59-49)58-45(52)38-36-34-32-30-28-26-24-22-20-18-16-14-12-10-8-6-4-2/h11,13,17,19,24,26,30,32,42-43,46-50,53-55H,3-10,12,14-16,18,20-23,25,27-29,31,33-41H2,1-2H3/b13-11+,19-17+,26-24+,32-30+/t42-,43-,46+,47?,48?,49-/m0/s1. The van der Waals surface area contributed by atoms with Gasteiger partial charge in [-0.1, -0.05) is 159 Å². The summed E-state index contributed by atoms with van der Waals surface area (Å²) in [5, 5.41) is 40.1. The van der Waals surface area contributed by atoms with E-state index in [1.807, 2.05) is 0 Å². The van der Waals surface area contributed by atoms with E-state index in [0.29, 0.717) is 12.8 Å². The molecular formula is C49H86O10. The molecule has 4 N–H and O–H groups in total. The fourth-order valence-electron chi connectivity index (χ4n) is 6.90. The van der Waals surface area contributed by atoms with Crippen LogP contribution in [-0.4, -0.2) is 89.0 Å². The Morgan fingerprint density at radius 2 is 0.966 bits per heavy atom. The number of carbonyl (C=O) groups is 2. The predicted molar refractivity (Wildman–Crippen MR) is 238 cm³/mol. The van der Waals surface area contributed by atoms with Crippen LogP contribution in [0.5, 0.6) is 0 Å². The number of rotatable bonds is 39. The van der Waals surface area contributed by atoms with E-state index in [1.54, 1.807) is 0 Å². The summed E-state index contributed by atoms with van der Waals surface area (Å²) in [6, 6.07) is 0. The lowest BCUT2D eigenvalue weighted by atomic mass is 9.99. The van der Waals surface area contributed by atoms with Crippen molar-refractivity contribution >= 4 is 11.9 Å². The molecule has 0 aliphatic carbocycles. The molecule has 6 atom stereocenters. The first-order valence-corrected chi connectivity index (χ1v) is 23.7. The second-order valence-corrected chi connectivity index (χ2v) is 16.2. The van der Waals surface area contributed by atoms with Crippen LogP contribution < -0.4 is 0 Å². The zero-order chi connectivity index (χ0) is 43.0. The van der Waals surface area contributed by atoms with Crippen molar-refractivity contribution in [2.75, 3.05) is 19.8 Å². The van der Waals surface area contributed by atoms with E-state index in [9.17, 15) is 30.0 Å². The third-order valence-electron chi connectivity index (χ3n) is 10.7. The summed E-state index contributed by atoms with van der Waals surface area (Å²) in [6.45, 7) is 3.35. The Morgan fingerprint density at radius 3 is 1.49 bits per heavy atom. The van der Waals surface area contributed by atoms with Crippen LogP contribution in [0.4, 0.5) is 0 Å². The lowest BCUT2D eigenvalue weighted by Gasteiger charge is -2.39. The Bertz CT molecular complexity index is 1100. The molecule has 0 aromatic heterocycles. The highest BCUT2D eigenvalue weighted by Gasteiger charge is 2.44. The summed E-state index contributed by atoms with van der Waals surface area (Å²) >= 11 is 0. The van der Waals surface area contributed by atoms with Gasteiger partial charge < -0.3 is 39.4 Å². The van der Waals surface area contributed by atoms with Crippen LogP contribution >= 0.6 is 0 Å². The number of allylic oxidation sites excluding steroid dienone is 8. The Hall–Kier alpha value is -2.34. The lowest BCUT2D eigenvalue weighted by molar-refractivity contribution is -0.305. The molecule has 1 aliphatic heterocycles. The van der Waals surface area contributed by atoms with Gasteiger partial charge in [-0.05, 0) is 70.6 Å². The van der Waals surface area contributed by atoms with Crippen LogP contribution in [0.15, 0.2) is 48.6 Å². The molecule has 1 heterocycles. The summed E-state index contributed by atoms with van der Waals surface area (Å²) in [7, 11) is 0. The van der Waals surface area contributed by atoms with E-state index in [1.165, 1.54) is 103 Å². The van der Waals surface area contributed by atoms with Crippen molar-refractivity contribution in [2.24, 2.45) is 0 Å². The molecule has 0 amide bonds. The van der Waals surface area contributed by atoms with E-state index in [4.69, 9.17) is 18.9 Å². The Morgan fingerprint density at radius 1 is 0.525 bits per heavy atom.